The summed E-state index contributed by atoms with van der Waals surface area (Å²) >= 11 is 12.3. The molecule has 0 saturated carbocycles. The summed E-state index contributed by atoms with van der Waals surface area (Å²) in [6.07, 6.45) is 0.872. The number of fused-ring (bicyclic) bond motifs is 1. The molecule has 0 unspecified atom stereocenters. The molecule has 1 heterocycles. The zero-order valence-electron chi connectivity index (χ0n) is 11.9. The molecule has 21 heavy (non-hydrogen) atoms. The van der Waals surface area contributed by atoms with Gasteiger partial charge in [-0.2, -0.15) is 0 Å². The van der Waals surface area contributed by atoms with Crippen molar-refractivity contribution in [1.82, 2.24) is 10.3 Å². The number of benzene rings is 1. The summed E-state index contributed by atoms with van der Waals surface area (Å²) in [6, 6.07) is 5.32. The largest absolute Gasteiger partial charge is 0.480 e. The zero-order valence-corrected chi connectivity index (χ0v) is 13.4. The van der Waals surface area contributed by atoms with Gasteiger partial charge in [0.15, 0.2) is 12.4 Å². The van der Waals surface area contributed by atoms with Crippen LogP contribution in [0.15, 0.2) is 18.2 Å². The normalized spacial score (nSPS) is 10.7. The fourth-order valence-corrected chi connectivity index (χ4v) is 2.45. The van der Waals surface area contributed by atoms with E-state index in [4.69, 9.17) is 27.9 Å². The Morgan fingerprint density at radius 1 is 1.33 bits per heavy atom. The number of halogens is 2. The molecule has 112 valence electrons. The molecular formula is C15H16Cl2N2O2. The van der Waals surface area contributed by atoms with Crippen LogP contribution in [0, 0.1) is 6.92 Å². The van der Waals surface area contributed by atoms with Crippen molar-refractivity contribution >= 4 is 40.0 Å². The van der Waals surface area contributed by atoms with Gasteiger partial charge in [-0.25, -0.2) is 4.98 Å². The molecule has 1 amide bonds. The number of hydrogen-bond donors (Lipinski definition) is 1. The number of carbonyl (C=O) groups is 1. The van der Waals surface area contributed by atoms with Gasteiger partial charge < -0.3 is 10.1 Å². The van der Waals surface area contributed by atoms with Crippen molar-refractivity contribution in [3.63, 3.8) is 0 Å². The first-order valence-electron chi connectivity index (χ1n) is 6.67. The number of rotatable bonds is 5. The van der Waals surface area contributed by atoms with Gasteiger partial charge in [-0.3, -0.25) is 4.79 Å². The van der Waals surface area contributed by atoms with Gasteiger partial charge in [0, 0.05) is 17.6 Å². The number of pyridine rings is 1. The molecule has 0 bridgehead atoms. The van der Waals surface area contributed by atoms with Crippen LogP contribution >= 0.6 is 23.2 Å². The third-order valence-corrected chi connectivity index (χ3v) is 3.49. The zero-order chi connectivity index (χ0) is 15.4. The maximum absolute atomic E-state index is 11.6. The van der Waals surface area contributed by atoms with Gasteiger partial charge >= 0.3 is 0 Å². The topological polar surface area (TPSA) is 51.2 Å². The summed E-state index contributed by atoms with van der Waals surface area (Å²) in [6.45, 7) is 4.37. The smallest absolute Gasteiger partial charge is 0.257 e. The van der Waals surface area contributed by atoms with E-state index in [1.165, 1.54) is 0 Å². The van der Waals surface area contributed by atoms with Crippen LogP contribution in [0.5, 0.6) is 5.75 Å². The van der Waals surface area contributed by atoms with Crippen molar-refractivity contribution in [1.29, 1.82) is 0 Å². The lowest BCUT2D eigenvalue weighted by Gasteiger charge is -2.12. The Balaban J connectivity index is 2.30. The van der Waals surface area contributed by atoms with Crippen LogP contribution in [0.1, 0.15) is 19.0 Å². The van der Waals surface area contributed by atoms with Gasteiger partial charge in [-0.15, -0.1) is 0 Å². The fraction of sp³-hybridized carbons (Fsp3) is 0.333. The third-order valence-electron chi connectivity index (χ3n) is 2.90. The minimum Gasteiger partial charge on any atom is -0.480 e. The van der Waals surface area contributed by atoms with Gasteiger partial charge in [0.05, 0.1) is 10.0 Å². The minimum absolute atomic E-state index is 0.105. The van der Waals surface area contributed by atoms with Crippen LogP contribution in [-0.2, 0) is 4.79 Å². The van der Waals surface area contributed by atoms with E-state index in [0.717, 1.165) is 17.5 Å². The van der Waals surface area contributed by atoms with Crippen LogP contribution in [-0.4, -0.2) is 24.0 Å². The molecule has 6 heteroatoms. The Bertz CT molecular complexity index is 674. The van der Waals surface area contributed by atoms with Crippen LogP contribution in [0.4, 0.5) is 0 Å². The molecule has 0 aliphatic rings. The van der Waals surface area contributed by atoms with Gasteiger partial charge in [-0.05, 0) is 31.5 Å². The standard InChI is InChI=1S/C15H16Cl2N2O2/c1-3-6-18-13(20)8-21-15-12(17)7-11(16)10-5-4-9(2)19-14(10)15/h4-5,7H,3,6,8H2,1-2H3,(H,18,20). The van der Waals surface area contributed by atoms with Crippen molar-refractivity contribution in [2.45, 2.75) is 20.3 Å². The molecule has 0 atom stereocenters. The van der Waals surface area contributed by atoms with E-state index in [1.807, 2.05) is 26.0 Å². The molecule has 0 aliphatic carbocycles. The Kier molecular flexibility index (Phi) is 5.26. The van der Waals surface area contributed by atoms with Crippen molar-refractivity contribution in [2.24, 2.45) is 0 Å². The predicted octanol–water partition coefficient (Wildman–Crippen LogP) is 3.76. The van der Waals surface area contributed by atoms with Crippen LogP contribution < -0.4 is 10.1 Å². The van der Waals surface area contributed by atoms with E-state index in [1.54, 1.807) is 6.07 Å². The number of nitrogens with zero attached hydrogens (tertiary/aromatic N) is 1. The Labute approximate surface area is 133 Å². The number of nitrogens with one attached hydrogen (secondary N) is 1. The van der Waals surface area contributed by atoms with Crippen LogP contribution in [0.25, 0.3) is 10.9 Å². The molecule has 1 aromatic carbocycles. The van der Waals surface area contributed by atoms with E-state index in [-0.39, 0.29) is 12.5 Å². The number of hydrogen-bond acceptors (Lipinski definition) is 3. The Hall–Kier alpha value is -1.52. The highest BCUT2D eigenvalue weighted by Gasteiger charge is 2.14. The van der Waals surface area contributed by atoms with E-state index in [0.29, 0.717) is 27.9 Å². The number of ether oxygens (including phenoxy) is 1. The molecule has 0 aliphatic heterocycles. The third kappa shape index (κ3) is 3.77. The van der Waals surface area contributed by atoms with E-state index < -0.39 is 0 Å². The van der Waals surface area contributed by atoms with E-state index in [9.17, 15) is 4.79 Å². The highest BCUT2D eigenvalue weighted by atomic mass is 35.5. The molecule has 2 aromatic rings. The quantitative estimate of drug-likeness (QED) is 0.910. The van der Waals surface area contributed by atoms with Gasteiger partial charge in [0.25, 0.3) is 5.91 Å². The van der Waals surface area contributed by atoms with E-state index >= 15 is 0 Å². The highest BCUT2D eigenvalue weighted by Crippen LogP contribution is 2.37. The Morgan fingerprint density at radius 2 is 2.10 bits per heavy atom. The first-order valence-corrected chi connectivity index (χ1v) is 7.43. The molecule has 4 nitrogen and oxygen atoms in total. The lowest BCUT2D eigenvalue weighted by atomic mass is 10.2. The second kappa shape index (κ2) is 6.96. The summed E-state index contributed by atoms with van der Waals surface area (Å²) in [7, 11) is 0. The average molecular weight is 327 g/mol. The van der Waals surface area contributed by atoms with Crippen molar-refractivity contribution in [3.8, 4) is 5.75 Å². The number of aromatic nitrogens is 1. The first-order chi connectivity index (χ1) is 10.0. The maximum atomic E-state index is 11.6. The lowest BCUT2D eigenvalue weighted by Crippen LogP contribution is -2.29. The number of carbonyl (C=O) groups excluding carboxylic acids is 1. The summed E-state index contributed by atoms with van der Waals surface area (Å²) in [5.41, 5.74) is 1.39. The minimum atomic E-state index is -0.191. The molecule has 0 radical (unpaired) electrons. The van der Waals surface area contributed by atoms with Crippen molar-refractivity contribution in [3.05, 3.63) is 33.9 Å². The maximum Gasteiger partial charge on any atom is 0.257 e. The lowest BCUT2D eigenvalue weighted by molar-refractivity contribution is -0.123. The summed E-state index contributed by atoms with van der Waals surface area (Å²) in [4.78, 5) is 16.0. The van der Waals surface area contributed by atoms with Crippen molar-refractivity contribution in [2.75, 3.05) is 13.2 Å². The van der Waals surface area contributed by atoms with Crippen LogP contribution in [0.3, 0.4) is 0 Å². The predicted molar refractivity (Wildman–Crippen MR) is 85.3 cm³/mol. The summed E-state index contributed by atoms with van der Waals surface area (Å²) in [5.74, 6) is 0.190. The second-order valence-electron chi connectivity index (χ2n) is 4.66. The SMILES string of the molecule is CCCNC(=O)COc1c(Cl)cc(Cl)c2ccc(C)nc12. The molecule has 1 aromatic heterocycles. The van der Waals surface area contributed by atoms with Crippen molar-refractivity contribution < 1.29 is 9.53 Å². The van der Waals surface area contributed by atoms with Gasteiger partial charge in [-0.1, -0.05) is 30.1 Å². The molecule has 0 fully saturated rings. The molecule has 0 saturated heterocycles. The second-order valence-corrected chi connectivity index (χ2v) is 5.47. The van der Waals surface area contributed by atoms with Gasteiger partial charge in [0.1, 0.15) is 5.52 Å². The van der Waals surface area contributed by atoms with Gasteiger partial charge in [0.2, 0.25) is 0 Å². The van der Waals surface area contributed by atoms with E-state index in [2.05, 4.69) is 10.3 Å². The molecule has 0 spiro atoms. The Morgan fingerprint density at radius 3 is 2.81 bits per heavy atom. The number of aryl methyl sites for hydroxylation is 1. The summed E-state index contributed by atoms with van der Waals surface area (Å²) in [5, 5.41) is 4.33. The average Bonchev–Trinajstić information content (AvgIpc) is 2.44. The highest BCUT2D eigenvalue weighted by molar-refractivity contribution is 6.39. The molecule has 1 N–H and O–H groups in total. The first kappa shape index (κ1) is 15.9. The fourth-order valence-electron chi connectivity index (χ4n) is 1.88. The molecule has 2 rings (SSSR count). The number of amides is 1. The molecular weight excluding hydrogens is 311 g/mol. The summed E-state index contributed by atoms with van der Waals surface area (Å²) < 4.78 is 5.55. The monoisotopic (exact) mass is 326 g/mol. The van der Waals surface area contributed by atoms with Crippen LogP contribution in [0.2, 0.25) is 10.0 Å².